The molecule has 0 aliphatic heterocycles. The van der Waals surface area contributed by atoms with Gasteiger partial charge in [0.15, 0.2) is 6.29 Å². The zero-order valence-corrected chi connectivity index (χ0v) is 14.4. The summed E-state index contributed by atoms with van der Waals surface area (Å²) < 4.78 is 16.6. The fourth-order valence-corrected chi connectivity index (χ4v) is 2.03. The minimum atomic E-state index is -0.904. The zero-order valence-electron chi connectivity index (χ0n) is 12.9. The van der Waals surface area contributed by atoms with E-state index in [-0.39, 0.29) is 11.1 Å². The second kappa shape index (κ2) is 9.72. The minimum absolute atomic E-state index is 0.165. The summed E-state index contributed by atoms with van der Waals surface area (Å²) in [6.45, 7) is 6.37. The average molecular weight is 347 g/mol. The predicted octanol–water partition coefficient (Wildman–Crippen LogP) is 4.20. The number of halogens is 2. The highest BCUT2D eigenvalue weighted by Gasteiger charge is 2.15. The third-order valence-corrected chi connectivity index (χ3v) is 3.18. The molecule has 0 aliphatic rings. The SMILES string of the molecule is CCOC(C=O)Oc1c(C)cc(OCC=C(Cl)Cl)cc1CC. The van der Waals surface area contributed by atoms with Crippen LogP contribution in [-0.4, -0.2) is 25.8 Å². The van der Waals surface area contributed by atoms with Crippen LogP contribution < -0.4 is 9.47 Å². The first-order chi connectivity index (χ1) is 10.5. The third kappa shape index (κ3) is 5.87. The summed E-state index contributed by atoms with van der Waals surface area (Å²) in [6.07, 6.45) is 2.03. The second-order valence-corrected chi connectivity index (χ2v) is 5.47. The molecule has 0 spiro atoms. The lowest BCUT2D eigenvalue weighted by Crippen LogP contribution is -2.23. The maximum atomic E-state index is 11.0. The van der Waals surface area contributed by atoms with Crippen LogP contribution in [0.1, 0.15) is 25.0 Å². The van der Waals surface area contributed by atoms with Gasteiger partial charge in [0.1, 0.15) is 22.6 Å². The zero-order chi connectivity index (χ0) is 16.5. The van der Waals surface area contributed by atoms with Crippen molar-refractivity contribution in [2.45, 2.75) is 33.5 Å². The maximum absolute atomic E-state index is 11.0. The Balaban J connectivity index is 2.94. The fourth-order valence-electron chi connectivity index (χ4n) is 1.91. The van der Waals surface area contributed by atoms with E-state index < -0.39 is 6.29 Å². The van der Waals surface area contributed by atoms with Crippen molar-refractivity contribution in [2.75, 3.05) is 13.2 Å². The Labute approximate surface area is 140 Å². The van der Waals surface area contributed by atoms with E-state index in [9.17, 15) is 4.79 Å². The lowest BCUT2D eigenvalue weighted by molar-refractivity contribution is -0.136. The third-order valence-electron chi connectivity index (χ3n) is 2.87. The van der Waals surface area contributed by atoms with Crippen LogP contribution in [-0.2, 0) is 16.0 Å². The van der Waals surface area contributed by atoms with Gasteiger partial charge in [-0.25, -0.2) is 0 Å². The molecule has 0 fully saturated rings. The Morgan fingerprint density at radius 2 is 2.05 bits per heavy atom. The van der Waals surface area contributed by atoms with E-state index in [0.29, 0.717) is 24.4 Å². The molecule has 4 nitrogen and oxygen atoms in total. The smallest absolute Gasteiger partial charge is 0.256 e. The van der Waals surface area contributed by atoms with Gasteiger partial charge in [-0.3, -0.25) is 4.79 Å². The van der Waals surface area contributed by atoms with Crippen LogP contribution in [0, 0.1) is 6.92 Å². The van der Waals surface area contributed by atoms with Crippen molar-refractivity contribution in [1.29, 1.82) is 0 Å². The molecule has 0 aromatic heterocycles. The highest BCUT2D eigenvalue weighted by Crippen LogP contribution is 2.30. The molecule has 1 aromatic rings. The molecule has 0 bridgehead atoms. The average Bonchev–Trinajstić information content (AvgIpc) is 2.48. The van der Waals surface area contributed by atoms with Crippen LogP contribution in [0.2, 0.25) is 0 Å². The van der Waals surface area contributed by atoms with E-state index >= 15 is 0 Å². The van der Waals surface area contributed by atoms with Crippen molar-refractivity contribution >= 4 is 29.5 Å². The van der Waals surface area contributed by atoms with Crippen molar-refractivity contribution in [3.05, 3.63) is 33.8 Å². The topological polar surface area (TPSA) is 44.8 Å². The van der Waals surface area contributed by atoms with E-state index in [4.69, 9.17) is 37.4 Å². The molecule has 0 radical (unpaired) electrons. The Morgan fingerprint density at radius 3 is 2.59 bits per heavy atom. The number of ether oxygens (including phenoxy) is 3. The molecule has 0 saturated heterocycles. The molecule has 0 aliphatic carbocycles. The summed E-state index contributed by atoms with van der Waals surface area (Å²) in [5.74, 6) is 1.33. The molecule has 0 N–H and O–H groups in total. The Bertz CT molecular complexity index is 525. The second-order valence-electron chi connectivity index (χ2n) is 4.46. The number of rotatable bonds is 9. The number of carbonyl (C=O) groups excluding carboxylic acids is 1. The first kappa shape index (κ1) is 18.8. The van der Waals surface area contributed by atoms with E-state index in [1.165, 1.54) is 0 Å². The van der Waals surface area contributed by atoms with E-state index in [0.717, 1.165) is 17.5 Å². The summed E-state index contributed by atoms with van der Waals surface area (Å²) in [5, 5.41) is 0. The van der Waals surface area contributed by atoms with Gasteiger partial charge in [-0.05, 0) is 49.6 Å². The molecule has 6 heteroatoms. The Kier molecular flexibility index (Phi) is 8.31. The quantitative estimate of drug-likeness (QED) is 0.496. The molecule has 22 heavy (non-hydrogen) atoms. The number of benzene rings is 1. The molecule has 1 atom stereocenters. The number of carbonyl (C=O) groups is 1. The lowest BCUT2D eigenvalue weighted by atomic mass is 10.1. The van der Waals surface area contributed by atoms with Gasteiger partial charge < -0.3 is 14.2 Å². The van der Waals surface area contributed by atoms with Crippen LogP contribution in [0.3, 0.4) is 0 Å². The van der Waals surface area contributed by atoms with Crippen molar-refractivity contribution in [1.82, 2.24) is 0 Å². The van der Waals surface area contributed by atoms with Crippen LogP contribution in [0.4, 0.5) is 0 Å². The van der Waals surface area contributed by atoms with Gasteiger partial charge >= 0.3 is 0 Å². The summed E-state index contributed by atoms with van der Waals surface area (Å²) in [6, 6.07) is 3.70. The molecular formula is C16H20Cl2O4. The largest absolute Gasteiger partial charge is 0.489 e. The molecule has 0 heterocycles. The van der Waals surface area contributed by atoms with Gasteiger partial charge in [0.25, 0.3) is 6.29 Å². The van der Waals surface area contributed by atoms with Gasteiger partial charge in [-0.2, -0.15) is 0 Å². The molecule has 122 valence electrons. The molecule has 1 aromatic carbocycles. The standard InChI is InChI=1S/C16H20Cl2O4/c1-4-12-9-13(21-7-6-14(17)18)8-11(3)16(12)22-15(10-19)20-5-2/h6,8-10,15H,4-5,7H2,1-3H3. The Hall–Kier alpha value is -1.23. The number of aryl methyl sites for hydroxylation is 2. The van der Waals surface area contributed by atoms with Crippen molar-refractivity contribution in [3.8, 4) is 11.5 Å². The lowest BCUT2D eigenvalue weighted by Gasteiger charge is -2.19. The molecule has 0 saturated carbocycles. The maximum Gasteiger partial charge on any atom is 0.256 e. The van der Waals surface area contributed by atoms with E-state index in [1.807, 2.05) is 26.0 Å². The van der Waals surface area contributed by atoms with Gasteiger partial charge in [0.2, 0.25) is 0 Å². The molecular weight excluding hydrogens is 327 g/mol. The highest BCUT2D eigenvalue weighted by molar-refractivity contribution is 6.55. The van der Waals surface area contributed by atoms with Gasteiger partial charge in [-0.15, -0.1) is 0 Å². The van der Waals surface area contributed by atoms with Crippen LogP contribution >= 0.6 is 23.2 Å². The van der Waals surface area contributed by atoms with Gasteiger partial charge in [0.05, 0.1) is 0 Å². The van der Waals surface area contributed by atoms with Crippen molar-refractivity contribution in [2.24, 2.45) is 0 Å². The minimum Gasteiger partial charge on any atom is -0.489 e. The van der Waals surface area contributed by atoms with Crippen LogP contribution in [0.25, 0.3) is 0 Å². The summed E-state index contributed by atoms with van der Waals surface area (Å²) in [4.78, 5) is 11.0. The monoisotopic (exact) mass is 346 g/mol. The normalized spacial score (nSPS) is 11.7. The summed E-state index contributed by atoms with van der Waals surface area (Å²) in [5.41, 5.74) is 1.80. The van der Waals surface area contributed by atoms with Crippen molar-refractivity contribution < 1.29 is 19.0 Å². The molecule has 0 amide bonds. The first-order valence-corrected chi connectivity index (χ1v) is 7.78. The van der Waals surface area contributed by atoms with E-state index in [2.05, 4.69) is 0 Å². The first-order valence-electron chi connectivity index (χ1n) is 7.02. The Morgan fingerprint density at radius 1 is 1.32 bits per heavy atom. The molecule has 1 unspecified atom stereocenters. The number of hydrogen-bond acceptors (Lipinski definition) is 4. The van der Waals surface area contributed by atoms with Crippen molar-refractivity contribution in [3.63, 3.8) is 0 Å². The van der Waals surface area contributed by atoms with E-state index in [1.54, 1.807) is 13.0 Å². The molecule has 1 rings (SSSR count). The van der Waals surface area contributed by atoms with Crippen LogP contribution in [0.5, 0.6) is 11.5 Å². The van der Waals surface area contributed by atoms with Crippen LogP contribution in [0.15, 0.2) is 22.7 Å². The van der Waals surface area contributed by atoms with Gasteiger partial charge in [0, 0.05) is 6.61 Å². The number of hydrogen-bond donors (Lipinski definition) is 0. The summed E-state index contributed by atoms with van der Waals surface area (Å²) >= 11 is 11.1. The number of aldehydes is 1. The van der Waals surface area contributed by atoms with Gasteiger partial charge in [-0.1, -0.05) is 30.1 Å². The summed E-state index contributed by atoms with van der Waals surface area (Å²) in [7, 11) is 0. The highest BCUT2D eigenvalue weighted by atomic mass is 35.5. The fraction of sp³-hybridized carbons (Fsp3) is 0.438. The predicted molar refractivity (Wildman–Crippen MR) is 87.9 cm³/mol.